The van der Waals surface area contributed by atoms with Gasteiger partial charge in [-0.1, -0.05) is 76.8 Å². The van der Waals surface area contributed by atoms with Crippen molar-refractivity contribution in [2.75, 3.05) is 0 Å². The van der Waals surface area contributed by atoms with Crippen molar-refractivity contribution >= 4 is 0 Å². The Hall–Kier alpha value is -0.820. The molecule has 1 aromatic carbocycles. The third-order valence-corrected chi connectivity index (χ3v) is 4.24. The van der Waals surface area contributed by atoms with Crippen LogP contribution in [0.4, 0.5) is 0 Å². The maximum atomic E-state index is 3.86. The smallest absolute Gasteiger partial charge is 0.0322 e. The second-order valence-corrected chi connectivity index (χ2v) is 6.28. The van der Waals surface area contributed by atoms with Gasteiger partial charge in [0.25, 0.3) is 0 Å². The number of nitrogens with one attached hydrogen (secondary N) is 1. The Bertz CT molecular complexity index is 333. The fraction of sp³-hybridized carbons (Fsp3) is 0.684. The summed E-state index contributed by atoms with van der Waals surface area (Å²) in [4.78, 5) is 0. The monoisotopic (exact) mass is 275 g/mol. The van der Waals surface area contributed by atoms with Crippen LogP contribution in [0.1, 0.15) is 77.8 Å². The first-order valence-electron chi connectivity index (χ1n) is 8.48. The number of rotatable bonds is 10. The highest BCUT2D eigenvalue weighted by molar-refractivity contribution is 5.18. The molecular weight excluding hydrogens is 242 g/mol. The fourth-order valence-electron chi connectivity index (χ4n) is 2.81. The molecule has 0 aromatic heterocycles. The minimum atomic E-state index is 0.516. The van der Waals surface area contributed by atoms with E-state index in [0.29, 0.717) is 12.1 Å². The molecule has 0 radical (unpaired) electrons. The fourth-order valence-corrected chi connectivity index (χ4v) is 2.81. The summed E-state index contributed by atoms with van der Waals surface area (Å²) < 4.78 is 0. The van der Waals surface area contributed by atoms with Gasteiger partial charge in [0.1, 0.15) is 0 Å². The molecule has 1 nitrogen and oxygen atoms in total. The Balaban J connectivity index is 2.58. The lowest BCUT2D eigenvalue weighted by Crippen LogP contribution is -2.32. The summed E-state index contributed by atoms with van der Waals surface area (Å²) in [5.41, 5.74) is 1.44. The minimum Gasteiger partial charge on any atom is -0.307 e. The third kappa shape index (κ3) is 6.56. The van der Waals surface area contributed by atoms with Crippen LogP contribution in [0.2, 0.25) is 0 Å². The zero-order chi connectivity index (χ0) is 14.8. The predicted molar refractivity (Wildman–Crippen MR) is 90.0 cm³/mol. The van der Waals surface area contributed by atoms with E-state index in [1.807, 2.05) is 0 Å². The van der Waals surface area contributed by atoms with Crippen LogP contribution in [-0.2, 0) is 0 Å². The zero-order valence-electron chi connectivity index (χ0n) is 13.9. The molecule has 3 atom stereocenters. The molecule has 3 unspecified atom stereocenters. The van der Waals surface area contributed by atoms with Gasteiger partial charge in [-0.05, 0) is 31.2 Å². The standard InChI is InChI=1S/C19H33N/c1-5-7-9-14-19(18-12-10-8-11-13-18)20-17(4)15-16(3)6-2/h8,10-13,16-17,19-20H,5-7,9,14-15H2,1-4H3. The molecule has 0 saturated carbocycles. The van der Waals surface area contributed by atoms with Crippen LogP contribution < -0.4 is 5.32 Å². The van der Waals surface area contributed by atoms with Crippen molar-refractivity contribution in [2.24, 2.45) is 5.92 Å². The van der Waals surface area contributed by atoms with E-state index >= 15 is 0 Å². The Morgan fingerprint density at radius 3 is 2.30 bits per heavy atom. The van der Waals surface area contributed by atoms with Crippen LogP contribution in [0.3, 0.4) is 0 Å². The molecule has 1 N–H and O–H groups in total. The molecule has 0 saturated heterocycles. The summed E-state index contributed by atoms with van der Waals surface area (Å²) in [6.45, 7) is 9.25. The van der Waals surface area contributed by atoms with E-state index in [0.717, 1.165) is 5.92 Å². The van der Waals surface area contributed by atoms with Crippen LogP contribution in [0, 0.1) is 5.92 Å². The lowest BCUT2D eigenvalue weighted by atomic mass is 9.96. The van der Waals surface area contributed by atoms with Gasteiger partial charge in [0.05, 0.1) is 0 Å². The van der Waals surface area contributed by atoms with Crippen molar-refractivity contribution in [1.29, 1.82) is 0 Å². The molecule has 0 aliphatic heterocycles. The average molecular weight is 275 g/mol. The molecule has 0 bridgehead atoms. The van der Waals surface area contributed by atoms with Gasteiger partial charge in [0.2, 0.25) is 0 Å². The van der Waals surface area contributed by atoms with Crippen molar-refractivity contribution in [3.05, 3.63) is 35.9 Å². The van der Waals surface area contributed by atoms with Gasteiger partial charge in [-0.15, -0.1) is 0 Å². The van der Waals surface area contributed by atoms with Crippen LogP contribution in [0.5, 0.6) is 0 Å². The second kappa shape index (κ2) is 9.99. The summed E-state index contributed by atoms with van der Waals surface area (Å²) in [5.74, 6) is 0.810. The molecule has 0 amide bonds. The van der Waals surface area contributed by atoms with E-state index in [4.69, 9.17) is 0 Å². The molecular formula is C19H33N. The lowest BCUT2D eigenvalue weighted by Gasteiger charge is -2.25. The van der Waals surface area contributed by atoms with E-state index in [2.05, 4.69) is 63.3 Å². The predicted octanol–water partition coefficient (Wildman–Crippen LogP) is 5.72. The molecule has 1 aromatic rings. The van der Waals surface area contributed by atoms with Gasteiger partial charge in [0, 0.05) is 12.1 Å². The summed E-state index contributed by atoms with van der Waals surface area (Å²) >= 11 is 0. The van der Waals surface area contributed by atoms with Crippen LogP contribution in [0.15, 0.2) is 30.3 Å². The van der Waals surface area contributed by atoms with Crippen molar-refractivity contribution in [3.63, 3.8) is 0 Å². The van der Waals surface area contributed by atoms with Crippen molar-refractivity contribution in [3.8, 4) is 0 Å². The van der Waals surface area contributed by atoms with E-state index in [1.165, 1.54) is 44.1 Å². The molecule has 1 heteroatoms. The van der Waals surface area contributed by atoms with E-state index in [-0.39, 0.29) is 0 Å². The third-order valence-electron chi connectivity index (χ3n) is 4.24. The molecule has 0 aliphatic rings. The van der Waals surface area contributed by atoms with Gasteiger partial charge in [-0.3, -0.25) is 0 Å². The maximum Gasteiger partial charge on any atom is 0.0322 e. The highest BCUT2D eigenvalue weighted by Crippen LogP contribution is 2.22. The Kier molecular flexibility index (Phi) is 8.60. The number of benzene rings is 1. The molecule has 0 fully saturated rings. The first-order chi connectivity index (χ1) is 9.67. The highest BCUT2D eigenvalue weighted by Gasteiger charge is 2.15. The number of hydrogen-bond acceptors (Lipinski definition) is 1. The van der Waals surface area contributed by atoms with E-state index < -0.39 is 0 Å². The molecule has 0 spiro atoms. The summed E-state index contributed by atoms with van der Waals surface area (Å²) in [6, 6.07) is 12.1. The minimum absolute atomic E-state index is 0.516. The van der Waals surface area contributed by atoms with Gasteiger partial charge >= 0.3 is 0 Å². The van der Waals surface area contributed by atoms with Crippen LogP contribution in [0.25, 0.3) is 0 Å². The summed E-state index contributed by atoms with van der Waals surface area (Å²) in [7, 11) is 0. The van der Waals surface area contributed by atoms with Crippen LogP contribution in [-0.4, -0.2) is 6.04 Å². The van der Waals surface area contributed by atoms with Crippen LogP contribution >= 0.6 is 0 Å². The van der Waals surface area contributed by atoms with Gasteiger partial charge in [-0.25, -0.2) is 0 Å². The maximum absolute atomic E-state index is 3.86. The summed E-state index contributed by atoms with van der Waals surface area (Å²) in [5, 5.41) is 3.86. The largest absolute Gasteiger partial charge is 0.307 e. The topological polar surface area (TPSA) is 12.0 Å². The average Bonchev–Trinajstić information content (AvgIpc) is 2.47. The first-order valence-corrected chi connectivity index (χ1v) is 8.48. The Labute approximate surface area is 126 Å². The molecule has 0 aliphatic carbocycles. The van der Waals surface area contributed by atoms with Crippen molar-refractivity contribution < 1.29 is 0 Å². The van der Waals surface area contributed by atoms with E-state index in [9.17, 15) is 0 Å². The molecule has 0 heterocycles. The SMILES string of the molecule is CCCCCC(NC(C)CC(C)CC)c1ccccc1. The van der Waals surface area contributed by atoms with Gasteiger partial charge in [0.15, 0.2) is 0 Å². The Morgan fingerprint density at radius 1 is 1.00 bits per heavy atom. The number of unbranched alkanes of at least 4 members (excludes halogenated alkanes) is 2. The number of hydrogen-bond donors (Lipinski definition) is 1. The summed E-state index contributed by atoms with van der Waals surface area (Å²) in [6.07, 6.45) is 7.75. The van der Waals surface area contributed by atoms with E-state index in [1.54, 1.807) is 0 Å². The van der Waals surface area contributed by atoms with Gasteiger partial charge < -0.3 is 5.32 Å². The zero-order valence-corrected chi connectivity index (χ0v) is 13.9. The van der Waals surface area contributed by atoms with Gasteiger partial charge in [-0.2, -0.15) is 0 Å². The molecule has 1 rings (SSSR count). The van der Waals surface area contributed by atoms with Crippen molar-refractivity contribution in [2.45, 2.75) is 78.3 Å². The highest BCUT2D eigenvalue weighted by atomic mass is 14.9. The second-order valence-electron chi connectivity index (χ2n) is 6.28. The quantitative estimate of drug-likeness (QED) is 0.538. The Morgan fingerprint density at radius 2 is 1.70 bits per heavy atom. The first kappa shape index (κ1) is 17.2. The molecule has 20 heavy (non-hydrogen) atoms. The molecule has 114 valence electrons. The van der Waals surface area contributed by atoms with Crippen molar-refractivity contribution in [1.82, 2.24) is 5.32 Å². The normalized spacial score (nSPS) is 15.8. The lowest BCUT2D eigenvalue weighted by molar-refractivity contribution is 0.360.